The van der Waals surface area contributed by atoms with Crippen molar-refractivity contribution in [2.24, 2.45) is 10.2 Å². The third-order valence-electron chi connectivity index (χ3n) is 3.80. The Labute approximate surface area is 176 Å². The lowest BCUT2D eigenvalue weighted by Crippen LogP contribution is -2.19. The summed E-state index contributed by atoms with van der Waals surface area (Å²) >= 11 is 0.984. The van der Waals surface area contributed by atoms with Gasteiger partial charge in [-0.05, 0) is 60.6 Å². The summed E-state index contributed by atoms with van der Waals surface area (Å²) in [6, 6.07) is 13.9. The van der Waals surface area contributed by atoms with Crippen LogP contribution in [-0.4, -0.2) is 36.3 Å². The molecule has 8 nitrogen and oxygen atoms in total. The van der Waals surface area contributed by atoms with Crippen molar-refractivity contribution >= 4 is 41.0 Å². The van der Waals surface area contributed by atoms with Gasteiger partial charge in [-0.3, -0.25) is 10.1 Å². The molecule has 0 aliphatic carbocycles. The monoisotopic (exact) mass is 423 g/mol. The summed E-state index contributed by atoms with van der Waals surface area (Å²) in [5.41, 5.74) is 2.17. The first-order valence-corrected chi connectivity index (χ1v) is 9.55. The first-order chi connectivity index (χ1) is 14.4. The third-order valence-corrected chi connectivity index (χ3v) is 4.70. The van der Waals surface area contributed by atoms with Crippen molar-refractivity contribution < 1.29 is 23.9 Å². The molecule has 1 aliphatic rings. The molecule has 1 saturated heterocycles. The fraction of sp³-hybridized carbons (Fsp3) is 0.0952. The van der Waals surface area contributed by atoms with Crippen LogP contribution in [0.1, 0.15) is 21.5 Å². The first kappa shape index (κ1) is 21.0. The Morgan fingerprint density at radius 3 is 2.60 bits per heavy atom. The Balaban J connectivity index is 1.59. The Morgan fingerprint density at radius 1 is 1.13 bits per heavy atom. The molecule has 1 fully saturated rings. The molecule has 9 heteroatoms. The van der Waals surface area contributed by atoms with E-state index in [1.165, 1.54) is 13.3 Å². The first-order valence-electron chi connectivity index (χ1n) is 8.73. The number of carbonyl (C=O) groups is 3. The van der Waals surface area contributed by atoms with Gasteiger partial charge in [-0.2, -0.15) is 5.10 Å². The van der Waals surface area contributed by atoms with Crippen LogP contribution in [0.15, 0.2) is 69.7 Å². The zero-order chi connectivity index (χ0) is 21.5. The minimum absolute atomic E-state index is 0.176. The van der Waals surface area contributed by atoms with Crippen LogP contribution in [0.5, 0.6) is 5.75 Å². The summed E-state index contributed by atoms with van der Waals surface area (Å²) in [4.78, 5) is 35.3. The molecule has 1 heterocycles. The zero-order valence-corrected chi connectivity index (χ0v) is 16.9. The summed E-state index contributed by atoms with van der Waals surface area (Å²) in [6.07, 6.45) is 2.57. The summed E-state index contributed by atoms with van der Waals surface area (Å²) in [5, 5.41) is 10.6. The third kappa shape index (κ3) is 5.65. The number of ether oxygens (including phenoxy) is 2. The molecular formula is C21H17N3O5S. The molecule has 0 radical (unpaired) electrons. The van der Waals surface area contributed by atoms with Gasteiger partial charge in [-0.1, -0.05) is 17.7 Å². The average Bonchev–Trinajstić information content (AvgIpc) is 3.08. The Bertz CT molecular complexity index is 1070. The normalized spacial score (nSPS) is 16.1. The lowest BCUT2D eigenvalue weighted by Gasteiger charge is -2.05. The van der Waals surface area contributed by atoms with Gasteiger partial charge in [0, 0.05) is 6.08 Å². The van der Waals surface area contributed by atoms with Crippen molar-refractivity contribution in [3.63, 3.8) is 0 Å². The van der Waals surface area contributed by atoms with Gasteiger partial charge < -0.3 is 9.47 Å². The van der Waals surface area contributed by atoms with Crippen LogP contribution in [-0.2, 0) is 14.3 Å². The smallest absolute Gasteiger partial charge is 0.343 e. The molecule has 30 heavy (non-hydrogen) atoms. The quantitative estimate of drug-likeness (QED) is 0.261. The maximum atomic E-state index is 12.2. The van der Waals surface area contributed by atoms with E-state index in [0.29, 0.717) is 16.9 Å². The number of hydrogen-bond acceptors (Lipinski definition) is 8. The number of benzene rings is 2. The summed E-state index contributed by atoms with van der Waals surface area (Å²) in [6.45, 7) is 1.90. The van der Waals surface area contributed by atoms with Crippen LogP contribution in [0.4, 0.5) is 0 Å². The van der Waals surface area contributed by atoms with E-state index in [0.717, 1.165) is 23.4 Å². The molecular weight excluding hydrogens is 406 g/mol. The second-order valence-corrected chi connectivity index (χ2v) is 7.10. The van der Waals surface area contributed by atoms with E-state index in [2.05, 4.69) is 20.3 Å². The molecule has 2 aromatic rings. The van der Waals surface area contributed by atoms with Crippen molar-refractivity contribution in [1.82, 2.24) is 5.32 Å². The molecule has 1 amide bonds. The minimum Gasteiger partial charge on any atom is -0.466 e. The Hall–Kier alpha value is -3.72. The second kappa shape index (κ2) is 9.66. The van der Waals surface area contributed by atoms with Crippen molar-refractivity contribution in [1.29, 1.82) is 0 Å². The standard InChI is InChI=1S/C21H17N3O5S/c1-13-4-3-5-15(10-13)20(27)29-16-8-6-14(7-9-16)12-22-24-21-23-19(26)17(30-21)11-18(25)28-2/h3-12H,1-2H3,(H,23,24,26)/b17-11+,22-12?. The number of methoxy groups -OCH3 is 1. The van der Waals surface area contributed by atoms with Crippen molar-refractivity contribution in [3.05, 3.63) is 76.2 Å². The molecule has 2 aromatic carbocycles. The highest BCUT2D eigenvalue weighted by atomic mass is 32.2. The molecule has 0 aromatic heterocycles. The number of rotatable bonds is 5. The Kier molecular flexibility index (Phi) is 6.76. The SMILES string of the molecule is COC(=O)/C=C1/S/C(=N\N=Cc2ccc(OC(=O)c3cccc(C)c3)cc2)NC1=O. The number of carbonyl (C=O) groups excluding carboxylic acids is 3. The predicted octanol–water partition coefficient (Wildman–Crippen LogP) is 2.82. The zero-order valence-electron chi connectivity index (χ0n) is 16.1. The highest BCUT2D eigenvalue weighted by Gasteiger charge is 2.24. The number of esters is 2. The van der Waals surface area contributed by atoms with Gasteiger partial charge in [-0.25, -0.2) is 9.59 Å². The van der Waals surface area contributed by atoms with Crippen LogP contribution in [0.25, 0.3) is 0 Å². The van der Waals surface area contributed by atoms with Crippen molar-refractivity contribution in [2.75, 3.05) is 7.11 Å². The van der Waals surface area contributed by atoms with E-state index >= 15 is 0 Å². The minimum atomic E-state index is -0.624. The lowest BCUT2D eigenvalue weighted by atomic mass is 10.1. The van der Waals surface area contributed by atoms with Gasteiger partial charge in [0.1, 0.15) is 5.75 Å². The van der Waals surface area contributed by atoms with E-state index in [4.69, 9.17) is 4.74 Å². The van der Waals surface area contributed by atoms with Crippen LogP contribution in [0, 0.1) is 6.92 Å². The maximum absolute atomic E-state index is 12.2. The second-order valence-electron chi connectivity index (χ2n) is 6.07. The van der Waals surface area contributed by atoms with Crippen molar-refractivity contribution in [3.8, 4) is 5.75 Å². The van der Waals surface area contributed by atoms with E-state index in [-0.39, 0.29) is 10.1 Å². The van der Waals surface area contributed by atoms with Gasteiger partial charge in [0.05, 0.1) is 23.8 Å². The summed E-state index contributed by atoms with van der Waals surface area (Å²) in [7, 11) is 1.23. The highest BCUT2D eigenvalue weighted by molar-refractivity contribution is 8.18. The summed E-state index contributed by atoms with van der Waals surface area (Å²) in [5.74, 6) is -1.10. The largest absolute Gasteiger partial charge is 0.466 e. The van der Waals surface area contributed by atoms with E-state index in [1.54, 1.807) is 42.5 Å². The van der Waals surface area contributed by atoms with Gasteiger partial charge in [0.25, 0.3) is 5.91 Å². The number of nitrogens with zero attached hydrogens (tertiary/aromatic N) is 2. The van der Waals surface area contributed by atoms with E-state index < -0.39 is 17.8 Å². The molecule has 1 aliphatic heterocycles. The molecule has 0 bridgehead atoms. The molecule has 1 N–H and O–H groups in total. The van der Waals surface area contributed by atoms with Crippen LogP contribution in [0.2, 0.25) is 0 Å². The maximum Gasteiger partial charge on any atom is 0.343 e. The van der Waals surface area contributed by atoms with E-state index in [1.807, 2.05) is 13.0 Å². The number of aryl methyl sites for hydroxylation is 1. The molecule has 152 valence electrons. The molecule has 0 atom stereocenters. The Morgan fingerprint density at radius 2 is 1.90 bits per heavy atom. The van der Waals surface area contributed by atoms with Gasteiger partial charge >= 0.3 is 11.9 Å². The fourth-order valence-corrected chi connectivity index (χ4v) is 3.09. The predicted molar refractivity (Wildman–Crippen MR) is 113 cm³/mol. The number of nitrogens with one attached hydrogen (secondary N) is 1. The van der Waals surface area contributed by atoms with E-state index in [9.17, 15) is 14.4 Å². The molecule has 0 spiro atoms. The number of hydrogen-bond donors (Lipinski definition) is 1. The van der Waals surface area contributed by atoms with Gasteiger partial charge in [0.2, 0.25) is 0 Å². The topological polar surface area (TPSA) is 106 Å². The molecule has 0 saturated carbocycles. The van der Waals surface area contributed by atoms with Crippen LogP contribution >= 0.6 is 11.8 Å². The van der Waals surface area contributed by atoms with Crippen molar-refractivity contribution in [2.45, 2.75) is 6.92 Å². The average molecular weight is 423 g/mol. The number of thioether (sulfide) groups is 1. The number of amides is 1. The summed E-state index contributed by atoms with van der Waals surface area (Å²) < 4.78 is 9.84. The van der Waals surface area contributed by atoms with Crippen LogP contribution < -0.4 is 10.1 Å². The molecule has 0 unspecified atom stereocenters. The van der Waals surface area contributed by atoms with Gasteiger partial charge in [0.15, 0.2) is 5.17 Å². The number of amidine groups is 1. The van der Waals surface area contributed by atoms with Gasteiger partial charge in [-0.15, -0.1) is 5.10 Å². The fourth-order valence-electron chi connectivity index (χ4n) is 2.35. The lowest BCUT2D eigenvalue weighted by molar-refractivity contribution is -0.135. The van der Waals surface area contributed by atoms with Crippen LogP contribution in [0.3, 0.4) is 0 Å². The highest BCUT2D eigenvalue weighted by Crippen LogP contribution is 2.23. The molecule has 3 rings (SSSR count).